The molecule has 1 rings (SSSR count). The fourth-order valence-corrected chi connectivity index (χ4v) is 1.85. The van der Waals surface area contributed by atoms with E-state index in [0.717, 1.165) is 6.07 Å². The molecule has 94 valence electrons. The molecule has 5 nitrogen and oxygen atoms in total. The molecule has 17 heavy (non-hydrogen) atoms. The van der Waals surface area contributed by atoms with E-state index in [9.17, 15) is 14.1 Å². The number of benzene rings is 1. The molecule has 0 aliphatic rings. The van der Waals surface area contributed by atoms with Crippen molar-refractivity contribution in [3.05, 3.63) is 23.8 Å². The Kier molecular flexibility index (Phi) is 4.96. The van der Waals surface area contributed by atoms with Gasteiger partial charge in [0.1, 0.15) is 11.5 Å². The molecule has 0 heterocycles. The highest BCUT2D eigenvalue weighted by Gasteiger charge is 2.11. The summed E-state index contributed by atoms with van der Waals surface area (Å²) in [4.78, 5) is 11.6. The third-order valence-corrected chi connectivity index (χ3v) is 3.47. The first kappa shape index (κ1) is 13.5. The first-order valence-corrected chi connectivity index (χ1v) is 6.68. The van der Waals surface area contributed by atoms with Gasteiger partial charge in [-0.15, -0.1) is 0 Å². The van der Waals surface area contributed by atoms with Crippen molar-refractivity contribution in [3.63, 3.8) is 0 Å². The fraction of sp³-hybridized carbons (Fsp3) is 0.364. The van der Waals surface area contributed by atoms with Crippen LogP contribution in [0.25, 0.3) is 0 Å². The van der Waals surface area contributed by atoms with Gasteiger partial charge < -0.3 is 15.5 Å². The molecule has 0 fully saturated rings. The zero-order chi connectivity index (χ0) is 12.8. The molecular formula is C11H15NO4S. The summed E-state index contributed by atoms with van der Waals surface area (Å²) in [7, 11) is -0.926. The van der Waals surface area contributed by atoms with Crippen LogP contribution in [-0.2, 0) is 10.8 Å². The summed E-state index contributed by atoms with van der Waals surface area (Å²) in [5.41, 5.74) is 0.0880. The summed E-state index contributed by atoms with van der Waals surface area (Å²) >= 11 is 0. The molecule has 0 bridgehead atoms. The van der Waals surface area contributed by atoms with Crippen LogP contribution < -0.4 is 5.32 Å². The predicted molar refractivity (Wildman–Crippen MR) is 65.7 cm³/mol. The van der Waals surface area contributed by atoms with E-state index >= 15 is 0 Å². The minimum absolute atomic E-state index is 0.0880. The molecule has 0 spiro atoms. The maximum Gasteiger partial charge on any atom is 0.255 e. The van der Waals surface area contributed by atoms with Crippen molar-refractivity contribution < 1.29 is 19.2 Å². The summed E-state index contributed by atoms with van der Waals surface area (Å²) in [5, 5.41) is 21.1. The van der Waals surface area contributed by atoms with Gasteiger partial charge >= 0.3 is 0 Å². The smallest absolute Gasteiger partial charge is 0.255 e. The van der Waals surface area contributed by atoms with Crippen LogP contribution in [-0.4, -0.2) is 38.4 Å². The van der Waals surface area contributed by atoms with Crippen molar-refractivity contribution >= 4 is 16.7 Å². The standard InChI is InChI=1S/C11H15NO4S/c1-2-17(16)6-5-12-11(15)9-4-3-8(13)7-10(9)14/h3-4,7,13-14H,2,5-6H2,1H3,(H,12,15). The highest BCUT2D eigenvalue weighted by atomic mass is 32.2. The van der Waals surface area contributed by atoms with Crippen molar-refractivity contribution in [2.75, 3.05) is 18.1 Å². The summed E-state index contributed by atoms with van der Waals surface area (Å²) in [6.45, 7) is 2.10. The zero-order valence-corrected chi connectivity index (χ0v) is 10.3. The number of phenols is 2. The molecular weight excluding hydrogens is 242 g/mol. The maximum atomic E-state index is 11.6. The van der Waals surface area contributed by atoms with Gasteiger partial charge in [0.25, 0.3) is 5.91 Å². The Morgan fingerprint density at radius 2 is 2.12 bits per heavy atom. The lowest BCUT2D eigenvalue weighted by Gasteiger charge is -2.06. The predicted octanol–water partition coefficient (Wildman–Crippen LogP) is 0.596. The maximum absolute atomic E-state index is 11.6. The van der Waals surface area contributed by atoms with E-state index in [0.29, 0.717) is 18.1 Å². The van der Waals surface area contributed by atoms with E-state index in [4.69, 9.17) is 5.11 Å². The van der Waals surface area contributed by atoms with Gasteiger partial charge in [0, 0.05) is 34.9 Å². The van der Waals surface area contributed by atoms with Crippen LogP contribution in [0.1, 0.15) is 17.3 Å². The van der Waals surface area contributed by atoms with Gasteiger partial charge in [-0.1, -0.05) is 6.92 Å². The Bertz CT molecular complexity index is 433. The molecule has 1 aromatic rings. The van der Waals surface area contributed by atoms with Gasteiger partial charge in [-0.05, 0) is 12.1 Å². The monoisotopic (exact) mass is 257 g/mol. The van der Waals surface area contributed by atoms with Crippen molar-refractivity contribution in [3.8, 4) is 11.5 Å². The molecule has 0 aromatic heterocycles. The third-order valence-electron chi connectivity index (χ3n) is 2.16. The van der Waals surface area contributed by atoms with Crippen LogP contribution >= 0.6 is 0 Å². The SMILES string of the molecule is CCS(=O)CCNC(=O)c1ccc(O)cc1O. The summed E-state index contributed by atoms with van der Waals surface area (Å²) in [6, 6.07) is 3.74. The molecule has 3 N–H and O–H groups in total. The van der Waals surface area contributed by atoms with E-state index in [1.54, 1.807) is 0 Å². The number of aromatic hydroxyl groups is 2. The number of carbonyl (C=O) groups is 1. The van der Waals surface area contributed by atoms with Crippen LogP contribution in [0.4, 0.5) is 0 Å². The molecule has 0 saturated heterocycles. The van der Waals surface area contributed by atoms with Gasteiger partial charge in [0.05, 0.1) is 5.56 Å². The Morgan fingerprint density at radius 3 is 2.71 bits per heavy atom. The van der Waals surface area contributed by atoms with Crippen LogP contribution in [0.5, 0.6) is 11.5 Å². The normalized spacial score (nSPS) is 12.1. The zero-order valence-electron chi connectivity index (χ0n) is 9.47. The largest absolute Gasteiger partial charge is 0.508 e. The van der Waals surface area contributed by atoms with Crippen LogP contribution in [0.3, 0.4) is 0 Å². The second-order valence-corrected chi connectivity index (χ2v) is 5.26. The minimum Gasteiger partial charge on any atom is -0.508 e. The highest BCUT2D eigenvalue weighted by Crippen LogP contribution is 2.22. The van der Waals surface area contributed by atoms with E-state index < -0.39 is 16.7 Å². The molecule has 0 radical (unpaired) electrons. The van der Waals surface area contributed by atoms with Gasteiger partial charge in [-0.3, -0.25) is 9.00 Å². The summed E-state index contributed by atoms with van der Waals surface area (Å²) in [6.07, 6.45) is 0. The summed E-state index contributed by atoms with van der Waals surface area (Å²) < 4.78 is 11.1. The number of hydrogen-bond donors (Lipinski definition) is 3. The third kappa shape index (κ3) is 4.07. The van der Waals surface area contributed by atoms with Gasteiger partial charge in [0.15, 0.2) is 0 Å². The number of nitrogens with one attached hydrogen (secondary N) is 1. The molecule has 6 heteroatoms. The number of hydrogen-bond acceptors (Lipinski definition) is 4. The topological polar surface area (TPSA) is 86.6 Å². The first-order chi connectivity index (χ1) is 8.04. The summed E-state index contributed by atoms with van der Waals surface area (Å²) in [5.74, 6) is 0.113. The molecule has 0 aliphatic carbocycles. The van der Waals surface area contributed by atoms with E-state index in [2.05, 4.69) is 5.32 Å². The number of amides is 1. The molecule has 1 amide bonds. The van der Waals surface area contributed by atoms with E-state index in [1.165, 1.54) is 12.1 Å². The van der Waals surface area contributed by atoms with Crippen LogP contribution in [0, 0.1) is 0 Å². The minimum atomic E-state index is -0.926. The second kappa shape index (κ2) is 6.24. The molecule has 1 aromatic carbocycles. The van der Waals surface area contributed by atoms with Gasteiger partial charge in [-0.25, -0.2) is 0 Å². The average molecular weight is 257 g/mol. The number of rotatable bonds is 5. The van der Waals surface area contributed by atoms with Crippen LogP contribution in [0.15, 0.2) is 18.2 Å². The molecule has 1 atom stereocenters. The Hall–Kier alpha value is -1.56. The Balaban J connectivity index is 2.55. The quantitative estimate of drug-likeness (QED) is 0.720. The van der Waals surface area contributed by atoms with Crippen molar-refractivity contribution in [1.29, 1.82) is 0 Å². The lowest BCUT2D eigenvalue weighted by molar-refractivity contribution is 0.0953. The molecule has 1 unspecified atom stereocenters. The van der Waals surface area contributed by atoms with E-state index in [-0.39, 0.29) is 17.1 Å². The molecule has 0 saturated carbocycles. The van der Waals surface area contributed by atoms with E-state index in [1.807, 2.05) is 6.92 Å². The highest BCUT2D eigenvalue weighted by molar-refractivity contribution is 7.84. The second-order valence-electron chi connectivity index (χ2n) is 3.39. The van der Waals surface area contributed by atoms with Crippen LogP contribution in [0.2, 0.25) is 0 Å². The lowest BCUT2D eigenvalue weighted by atomic mass is 10.2. The molecule has 0 aliphatic heterocycles. The van der Waals surface area contributed by atoms with Gasteiger partial charge in [0.2, 0.25) is 0 Å². The number of phenolic OH excluding ortho intramolecular Hbond substituents is 2. The first-order valence-electron chi connectivity index (χ1n) is 5.19. The van der Waals surface area contributed by atoms with Crippen molar-refractivity contribution in [2.24, 2.45) is 0 Å². The van der Waals surface area contributed by atoms with Crippen molar-refractivity contribution in [1.82, 2.24) is 5.32 Å². The fourth-order valence-electron chi connectivity index (χ4n) is 1.23. The Morgan fingerprint density at radius 1 is 1.41 bits per heavy atom. The lowest BCUT2D eigenvalue weighted by Crippen LogP contribution is -2.28. The Labute approximate surface area is 102 Å². The number of carbonyl (C=O) groups excluding carboxylic acids is 1. The average Bonchev–Trinajstić information content (AvgIpc) is 2.28. The van der Waals surface area contributed by atoms with Crippen molar-refractivity contribution in [2.45, 2.75) is 6.92 Å². The van der Waals surface area contributed by atoms with Gasteiger partial charge in [-0.2, -0.15) is 0 Å².